The van der Waals surface area contributed by atoms with Crippen LogP contribution < -0.4 is 11.5 Å². The Bertz CT molecular complexity index is 722. The van der Waals surface area contributed by atoms with E-state index >= 15 is 0 Å². The zero-order valence-corrected chi connectivity index (χ0v) is 22.1. The van der Waals surface area contributed by atoms with Crippen LogP contribution in [0.3, 0.4) is 0 Å². The number of hydrogen-bond acceptors (Lipinski definition) is 12. The second kappa shape index (κ2) is 20.2. The third-order valence-corrected chi connectivity index (χ3v) is 5.35. The van der Waals surface area contributed by atoms with Crippen molar-refractivity contribution in [2.45, 2.75) is 50.6 Å². The van der Waals surface area contributed by atoms with E-state index in [0.29, 0.717) is 0 Å². The van der Waals surface area contributed by atoms with Crippen LogP contribution in [-0.4, -0.2) is 74.7 Å². The first kappa shape index (κ1) is 36.4. The molecule has 0 aliphatic heterocycles. The van der Waals surface area contributed by atoms with Gasteiger partial charge in [-0.2, -0.15) is 0 Å². The third-order valence-electron chi connectivity index (χ3n) is 3.77. The minimum absolute atomic E-state index is 0. The summed E-state index contributed by atoms with van der Waals surface area (Å²) in [5, 5.41) is 0. The normalized spacial score (nSPS) is 17.5. The van der Waals surface area contributed by atoms with Gasteiger partial charge in [-0.15, -0.1) is 0 Å². The molecular formula is C18H32N2O10PtS2+2. The van der Waals surface area contributed by atoms with Gasteiger partial charge in [0.2, 0.25) is 0 Å². The monoisotopic (exact) mass is 695 g/mol. The Morgan fingerprint density at radius 2 is 1.12 bits per heavy atom. The maximum absolute atomic E-state index is 10.4. The van der Waals surface area contributed by atoms with Crippen LogP contribution in [0.2, 0.25) is 0 Å². The van der Waals surface area contributed by atoms with E-state index in [-0.39, 0.29) is 59.2 Å². The molecule has 0 aromatic carbocycles. The molecule has 0 heterocycles. The maximum Gasteiger partial charge on any atom is 4.00 e. The summed E-state index contributed by atoms with van der Waals surface area (Å²) in [6.07, 6.45) is 6.76. The fourth-order valence-electron chi connectivity index (χ4n) is 2.12. The van der Waals surface area contributed by atoms with E-state index in [1.165, 1.54) is 12.8 Å². The average Bonchev–Trinajstić information content (AvgIpc) is 2.70. The van der Waals surface area contributed by atoms with Gasteiger partial charge in [-0.3, -0.25) is 0 Å². The molecule has 2 unspecified atom stereocenters. The minimum Gasteiger partial charge on any atom is -0.748 e. The fourth-order valence-corrected chi connectivity index (χ4v) is 3.07. The molecule has 0 bridgehead atoms. The third kappa shape index (κ3) is 28.8. The summed E-state index contributed by atoms with van der Waals surface area (Å²) in [6.45, 7) is 6.11. The molecule has 1 fully saturated rings. The van der Waals surface area contributed by atoms with Gasteiger partial charge in [-0.05, 0) is 25.7 Å². The van der Waals surface area contributed by atoms with E-state index in [2.05, 4.69) is 22.6 Å². The van der Waals surface area contributed by atoms with Crippen LogP contribution >= 0.6 is 0 Å². The summed E-state index contributed by atoms with van der Waals surface area (Å²) in [6, 6.07) is 0.562. The van der Waals surface area contributed by atoms with Crippen molar-refractivity contribution in [1.82, 2.24) is 0 Å². The summed E-state index contributed by atoms with van der Waals surface area (Å²) in [5.74, 6) is -2.29. The summed E-state index contributed by atoms with van der Waals surface area (Å²) >= 11 is 0. The number of nitrogens with two attached hydrogens (primary N) is 2. The van der Waals surface area contributed by atoms with Gasteiger partial charge in [0.25, 0.3) is 0 Å². The first-order chi connectivity index (χ1) is 14.7. The van der Waals surface area contributed by atoms with Gasteiger partial charge in [-0.1, -0.05) is 26.0 Å². The van der Waals surface area contributed by atoms with Gasteiger partial charge < -0.3 is 30.0 Å². The predicted octanol–water partition coefficient (Wildman–Crippen LogP) is -0.486. The fraction of sp³-hybridized carbons (Fsp3) is 0.667. The Morgan fingerprint density at radius 3 is 1.33 bits per heavy atom. The van der Waals surface area contributed by atoms with E-state index in [1.54, 1.807) is 0 Å². The van der Waals surface area contributed by atoms with Gasteiger partial charge in [0, 0.05) is 35.7 Å². The number of ether oxygens (including phenoxy) is 2. The van der Waals surface area contributed by atoms with E-state index in [0.717, 1.165) is 25.0 Å². The van der Waals surface area contributed by atoms with E-state index in [4.69, 9.17) is 11.5 Å². The topological polar surface area (TPSA) is 219 Å². The number of carbonyl (C=O) groups excluding carboxylic acids is 2. The number of hydrogen-bond donors (Lipinski definition) is 2. The van der Waals surface area contributed by atoms with Gasteiger partial charge in [0.1, 0.15) is 0 Å². The van der Waals surface area contributed by atoms with E-state index < -0.39 is 43.7 Å². The van der Waals surface area contributed by atoms with Crippen molar-refractivity contribution in [1.29, 1.82) is 0 Å². The van der Waals surface area contributed by atoms with Crippen molar-refractivity contribution < 1.29 is 66.1 Å². The first-order valence-electron chi connectivity index (χ1n) is 9.68. The molecule has 194 valence electrons. The molecular weight excluding hydrogens is 663 g/mol. The van der Waals surface area contributed by atoms with Gasteiger partial charge in [0.05, 0.1) is 33.5 Å². The van der Waals surface area contributed by atoms with E-state index in [9.17, 15) is 35.5 Å². The second-order valence-electron chi connectivity index (χ2n) is 6.59. The van der Waals surface area contributed by atoms with Crippen molar-refractivity contribution in [3.63, 3.8) is 0 Å². The molecule has 1 rings (SSSR count). The summed E-state index contributed by atoms with van der Waals surface area (Å²) < 4.78 is 69.0. The van der Waals surface area contributed by atoms with Crippen LogP contribution in [0.4, 0.5) is 0 Å². The Balaban J connectivity index is -0.000000410. The maximum atomic E-state index is 10.4. The zero-order valence-electron chi connectivity index (χ0n) is 18.2. The molecule has 1 aliphatic rings. The van der Waals surface area contributed by atoms with Gasteiger partial charge >= 0.3 is 33.0 Å². The van der Waals surface area contributed by atoms with Gasteiger partial charge in [-0.25, -0.2) is 26.4 Å². The number of rotatable bonds is 10. The Labute approximate surface area is 209 Å². The Hall–Kier alpha value is -1.15. The molecule has 15 heteroatoms. The number of esters is 2. The molecule has 1 saturated carbocycles. The predicted molar refractivity (Wildman–Crippen MR) is 115 cm³/mol. The van der Waals surface area contributed by atoms with Gasteiger partial charge in [0.15, 0.2) is 0 Å². The standard InChI is InChI=1S/C6H14N2.2C6H10O5S.Pt/c7-5-3-1-2-4-6(5)8;2*1-2-6(7)11-4-3-5-12(8,9)10;/h5-6H,1-4,7-8H2;2*2H,1,3-5H2,(H,8,9,10);/q;;;+4/p-2. The van der Waals surface area contributed by atoms with Crippen molar-refractivity contribution in [2.75, 3.05) is 24.7 Å². The zero-order chi connectivity index (χ0) is 25.2. The molecule has 0 spiro atoms. The largest absolute Gasteiger partial charge is 4.00 e. The molecule has 0 aromatic rings. The summed E-state index contributed by atoms with van der Waals surface area (Å²) in [7, 11) is -8.39. The first-order valence-corrected chi connectivity index (χ1v) is 12.8. The molecule has 12 nitrogen and oxygen atoms in total. The Kier molecular flexibility index (Phi) is 22.3. The van der Waals surface area contributed by atoms with Crippen molar-refractivity contribution in [2.24, 2.45) is 11.5 Å². The molecule has 0 saturated heterocycles. The minimum atomic E-state index is -4.20. The van der Waals surface area contributed by atoms with Crippen LogP contribution in [0.1, 0.15) is 38.5 Å². The smallest absolute Gasteiger partial charge is 0.748 e. The molecule has 4 N–H and O–H groups in total. The Morgan fingerprint density at radius 1 is 0.818 bits per heavy atom. The van der Waals surface area contributed by atoms with Crippen molar-refractivity contribution >= 4 is 32.2 Å². The molecule has 0 aromatic heterocycles. The SMILES string of the molecule is C=CC(=O)OCCCS(=O)(=O)[O-].C=CC(=O)OCCCS(=O)(=O)[O-].NC1CCCCC1N.[Pt+4]. The second-order valence-corrected chi connectivity index (χ2v) is 9.63. The molecule has 0 amide bonds. The summed E-state index contributed by atoms with van der Waals surface area (Å²) in [5.41, 5.74) is 11.3. The van der Waals surface area contributed by atoms with Crippen LogP contribution in [0.5, 0.6) is 0 Å². The summed E-state index contributed by atoms with van der Waals surface area (Å²) in [4.78, 5) is 20.7. The van der Waals surface area contributed by atoms with E-state index in [1.807, 2.05) is 0 Å². The molecule has 2 atom stereocenters. The number of carbonyl (C=O) groups is 2. The van der Waals surface area contributed by atoms with Crippen LogP contribution in [0, 0.1) is 0 Å². The molecule has 0 radical (unpaired) electrons. The van der Waals surface area contributed by atoms with Crippen LogP contribution in [0.15, 0.2) is 25.3 Å². The molecule has 1 aliphatic carbocycles. The quantitative estimate of drug-likeness (QED) is 0.128. The van der Waals surface area contributed by atoms with Crippen LogP contribution in [-0.2, 0) is 60.4 Å². The van der Waals surface area contributed by atoms with Crippen LogP contribution in [0.25, 0.3) is 0 Å². The van der Waals surface area contributed by atoms with Crippen molar-refractivity contribution in [3.8, 4) is 0 Å². The van der Waals surface area contributed by atoms with Crippen molar-refractivity contribution in [3.05, 3.63) is 25.3 Å². The average molecular weight is 696 g/mol. The molecule has 33 heavy (non-hydrogen) atoms.